The van der Waals surface area contributed by atoms with Crippen LogP contribution in [0, 0.1) is 5.41 Å². The van der Waals surface area contributed by atoms with Gasteiger partial charge in [-0.2, -0.15) is 0 Å². The van der Waals surface area contributed by atoms with E-state index < -0.39 is 0 Å². The van der Waals surface area contributed by atoms with Gasteiger partial charge in [0.25, 0.3) is 0 Å². The zero-order chi connectivity index (χ0) is 12.5. The monoisotopic (exact) mass is 225 g/mol. The Morgan fingerprint density at radius 1 is 1.00 bits per heavy atom. The molecule has 0 aliphatic carbocycles. The molecule has 2 aromatic carbocycles. The van der Waals surface area contributed by atoms with E-state index in [-0.39, 0.29) is 0 Å². The number of nitrogens with one attached hydrogen (secondary N) is 1. The lowest BCUT2D eigenvalue weighted by molar-refractivity contribution is 0.563. The van der Waals surface area contributed by atoms with Gasteiger partial charge >= 0.3 is 0 Å². The highest BCUT2D eigenvalue weighted by molar-refractivity contribution is 5.67. The minimum atomic E-state index is 0.750. The van der Waals surface area contributed by atoms with Gasteiger partial charge in [-0.05, 0) is 23.1 Å². The summed E-state index contributed by atoms with van der Waals surface area (Å²) in [5.41, 5.74) is 4.08. The normalized spacial score (nSPS) is 8.76. The molecule has 0 unspecified atom stereocenters. The van der Waals surface area contributed by atoms with Crippen molar-refractivity contribution in [3.63, 3.8) is 0 Å². The Kier molecular flexibility index (Phi) is 5.42. The first-order valence-corrected chi connectivity index (χ1v) is 5.50. The van der Waals surface area contributed by atoms with E-state index in [9.17, 15) is 0 Å². The summed E-state index contributed by atoms with van der Waals surface area (Å²) < 4.78 is 0. The van der Waals surface area contributed by atoms with Crippen molar-refractivity contribution in [3.8, 4) is 11.1 Å². The van der Waals surface area contributed by atoms with Gasteiger partial charge in [-0.3, -0.25) is 0 Å². The first-order chi connectivity index (χ1) is 8.33. The highest BCUT2D eigenvalue weighted by Gasteiger charge is 2.00. The number of benzene rings is 2. The molecule has 2 nitrogen and oxygen atoms in total. The molecule has 0 heterocycles. The van der Waals surface area contributed by atoms with Gasteiger partial charge in [0, 0.05) is 0 Å². The molecule has 0 aliphatic heterocycles. The zero-order valence-corrected chi connectivity index (χ0v) is 9.81. The average molecular weight is 225 g/mol. The molecule has 0 amide bonds. The topological polar surface area (TPSA) is 40.9 Å². The Morgan fingerprint density at radius 3 is 2.12 bits per heavy atom. The largest absolute Gasteiger partial charge is 0.231 e. The minimum Gasteiger partial charge on any atom is -0.222 e. The molecule has 0 fully saturated rings. The Morgan fingerprint density at radius 2 is 1.53 bits per heavy atom. The summed E-state index contributed by atoms with van der Waals surface area (Å²) >= 11 is 0. The second-order valence-corrected chi connectivity index (χ2v) is 3.48. The van der Waals surface area contributed by atoms with Gasteiger partial charge in [0.2, 0.25) is 6.08 Å². The quantitative estimate of drug-likeness (QED) is 0.612. The third-order valence-electron chi connectivity index (χ3n) is 2.48. The molecule has 2 rings (SSSR count). The Hall–Kier alpha value is -2.18. The lowest BCUT2D eigenvalue weighted by Gasteiger charge is -2.06. The second-order valence-electron chi connectivity index (χ2n) is 3.48. The van der Waals surface area contributed by atoms with Gasteiger partial charge in [0.1, 0.15) is 0 Å². The summed E-state index contributed by atoms with van der Waals surface area (Å²) in [7, 11) is 0. The van der Waals surface area contributed by atoms with Crippen molar-refractivity contribution >= 4 is 6.08 Å². The van der Waals surface area contributed by atoms with Crippen LogP contribution in [-0.4, -0.2) is 6.08 Å². The lowest BCUT2D eigenvalue weighted by Crippen LogP contribution is -1.85. The molecule has 0 aliphatic rings. The van der Waals surface area contributed by atoms with E-state index in [1.165, 1.54) is 16.7 Å². The SMILES string of the molecule is CCc1ccccc1-c1ccccc1.N=C=O. The van der Waals surface area contributed by atoms with Crippen LogP contribution >= 0.6 is 0 Å². The van der Waals surface area contributed by atoms with Gasteiger partial charge < -0.3 is 0 Å². The summed E-state index contributed by atoms with van der Waals surface area (Å²) in [6.07, 6.45) is 1.84. The van der Waals surface area contributed by atoms with Crippen LogP contribution in [0.3, 0.4) is 0 Å². The highest BCUT2D eigenvalue weighted by atomic mass is 16.1. The fourth-order valence-electron chi connectivity index (χ4n) is 1.73. The summed E-state index contributed by atoms with van der Waals surface area (Å²) in [4.78, 5) is 8.35. The van der Waals surface area contributed by atoms with E-state index in [2.05, 4.69) is 61.5 Å². The maximum Gasteiger partial charge on any atom is 0.231 e. The van der Waals surface area contributed by atoms with Crippen LogP contribution in [-0.2, 0) is 11.2 Å². The summed E-state index contributed by atoms with van der Waals surface area (Å²) in [6.45, 7) is 2.20. The Bertz CT molecular complexity index is 485. The van der Waals surface area contributed by atoms with Gasteiger partial charge in [-0.1, -0.05) is 61.5 Å². The molecule has 0 bridgehead atoms. The first kappa shape index (κ1) is 12.9. The smallest absolute Gasteiger partial charge is 0.222 e. The molecule has 2 heteroatoms. The van der Waals surface area contributed by atoms with Crippen molar-refractivity contribution in [1.82, 2.24) is 0 Å². The maximum absolute atomic E-state index is 8.35. The van der Waals surface area contributed by atoms with Crippen LogP contribution in [0.2, 0.25) is 0 Å². The van der Waals surface area contributed by atoms with Crippen molar-refractivity contribution in [2.75, 3.05) is 0 Å². The standard InChI is InChI=1S/C14H14.CHNO/c1-2-12-8-6-7-11-14(12)13-9-4-3-5-10-13;2-1-3/h3-11H,2H2,1H3;2H. The highest BCUT2D eigenvalue weighted by Crippen LogP contribution is 2.23. The van der Waals surface area contributed by atoms with Crippen molar-refractivity contribution < 1.29 is 4.79 Å². The third-order valence-corrected chi connectivity index (χ3v) is 2.48. The van der Waals surface area contributed by atoms with Gasteiger partial charge in [0.05, 0.1) is 0 Å². The molecule has 86 valence electrons. The predicted octanol–water partition coefficient (Wildman–Crippen LogP) is 3.82. The van der Waals surface area contributed by atoms with Gasteiger partial charge in [-0.15, -0.1) is 0 Å². The van der Waals surface area contributed by atoms with Crippen molar-refractivity contribution in [3.05, 3.63) is 60.2 Å². The second kappa shape index (κ2) is 7.15. The van der Waals surface area contributed by atoms with E-state index in [1.54, 1.807) is 0 Å². The molecular formula is C15H15NO. The van der Waals surface area contributed by atoms with E-state index in [0.717, 1.165) is 12.5 Å². The van der Waals surface area contributed by atoms with Crippen LogP contribution in [0.1, 0.15) is 12.5 Å². The van der Waals surface area contributed by atoms with Crippen molar-refractivity contribution in [2.24, 2.45) is 0 Å². The van der Waals surface area contributed by atoms with Crippen LogP contribution in [0.15, 0.2) is 54.6 Å². The van der Waals surface area contributed by atoms with E-state index >= 15 is 0 Å². The molecule has 0 atom stereocenters. The minimum absolute atomic E-state index is 0.750. The number of hydrogen-bond acceptors (Lipinski definition) is 2. The van der Waals surface area contributed by atoms with Crippen LogP contribution in [0.4, 0.5) is 0 Å². The number of hydrogen-bond donors (Lipinski definition) is 1. The lowest BCUT2D eigenvalue weighted by atomic mass is 9.98. The molecule has 1 N–H and O–H groups in total. The van der Waals surface area contributed by atoms with Crippen LogP contribution in [0.5, 0.6) is 0 Å². The molecular weight excluding hydrogens is 210 g/mol. The van der Waals surface area contributed by atoms with Crippen LogP contribution in [0.25, 0.3) is 11.1 Å². The Labute approximate surface area is 101 Å². The average Bonchev–Trinajstić information content (AvgIpc) is 2.40. The molecule has 0 aromatic heterocycles. The number of aryl methyl sites for hydroxylation is 1. The van der Waals surface area contributed by atoms with Crippen molar-refractivity contribution in [1.29, 1.82) is 5.41 Å². The molecule has 0 saturated heterocycles. The van der Waals surface area contributed by atoms with Crippen molar-refractivity contribution in [2.45, 2.75) is 13.3 Å². The summed E-state index contributed by atoms with van der Waals surface area (Å²) in [5, 5.41) is 5.40. The van der Waals surface area contributed by atoms with E-state index in [0.29, 0.717) is 0 Å². The van der Waals surface area contributed by atoms with E-state index in [4.69, 9.17) is 10.2 Å². The fourth-order valence-corrected chi connectivity index (χ4v) is 1.73. The zero-order valence-electron chi connectivity index (χ0n) is 9.81. The predicted molar refractivity (Wildman–Crippen MR) is 69.7 cm³/mol. The molecule has 0 saturated carbocycles. The summed E-state index contributed by atoms with van der Waals surface area (Å²) in [5.74, 6) is 0. The first-order valence-electron chi connectivity index (χ1n) is 5.50. The number of isocyanates is 1. The van der Waals surface area contributed by atoms with Gasteiger partial charge in [0.15, 0.2) is 0 Å². The van der Waals surface area contributed by atoms with Gasteiger partial charge in [-0.25, -0.2) is 10.2 Å². The maximum atomic E-state index is 8.35. The number of rotatable bonds is 2. The molecule has 2 aromatic rings. The molecule has 0 radical (unpaired) electrons. The molecule has 0 spiro atoms. The fraction of sp³-hybridized carbons (Fsp3) is 0.133. The molecule has 17 heavy (non-hydrogen) atoms. The third kappa shape index (κ3) is 3.71. The Balaban J connectivity index is 0.000000437. The summed E-state index contributed by atoms with van der Waals surface area (Å²) in [6, 6.07) is 19.1. The van der Waals surface area contributed by atoms with E-state index in [1.807, 2.05) is 0 Å². The number of carbonyl (C=O) groups excluding carboxylic acids is 1. The van der Waals surface area contributed by atoms with Crippen LogP contribution < -0.4 is 0 Å².